The van der Waals surface area contributed by atoms with Crippen molar-refractivity contribution >= 4 is 11.6 Å². The molecular weight excluding hydrogens is 578 g/mol. The number of anilines is 2. The molecule has 6 rings (SSSR count). The predicted octanol–water partition coefficient (Wildman–Crippen LogP) is 2.60. The summed E-state index contributed by atoms with van der Waals surface area (Å²) in [5, 5.41) is 38.1. The number of morpholine rings is 1. The van der Waals surface area contributed by atoms with Gasteiger partial charge in [0, 0.05) is 37.1 Å². The van der Waals surface area contributed by atoms with Crippen LogP contribution in [0.25, 0.3) is 11.1 Å². The first-order valence-corrected chi connectivity index (χ1v) is 15.2. The zero-order valence-corrected chi connectivity index (χ0v) is 25.2. The van der Waals surface area contributed by atoms with Crippen molar-refractivity contribution in [2.45, 2.75) is 57.3 Å². The van der Waals surface area contributed by atoms with E-state index in [1.807, 2.05) is 23.9 Å². The molecule has 3 aromatic heterocycles. The van der Waals surface area contributed by atoms with Crippen LogP contribution in [-0.2, 0) is 11.3 Å². The lowest BCUT2D eigenvalue weighted by atomic mass is 9.90. The summed E-state index contributed by atoms with van der Waals surface area (Å²) in [6.45, 7) is 5.97. The number of hydrogen-bond donors (Lipinski definition) is 2. The summed E-state index contributed by atoms with van der Waals surface area (Å²) in [6.07, 6.45) is 10.9. The Labute approximate surface area is 260 Å². The molecule has 0 bridgehead atoms. The van der Waals surface area contributed by atoms with Gasteiger partial charge in [0.15, 0.2) is 0 Å². The zero-order chi connectivity index (χ0) is 31.0. The molecule has 236 valence electrons. The molecule has 0 unspecified atom stereocenters. The van der Waals surface area contributed by atoms with Crippen molar-refractivity contribution in [2.24, 2.45) is 0 Å². The van der Waals surface area contributed by atoms with E-state index in [1.165, 1.54) is 6.33 Å². The number of benzene rings is 1. The van der Waals surface area contributed by atoms with Crippen LogP contribution >= 0.6 is 0 Å². The second kappa shape index (κ2) is 14.4. The maximum absolute atomic E-state index is 9.62. The first-order chi connectivity index (χ1) is 22.1. The second-order valence-electron chi connectivity index (χ2n) is 11.2. The molecule has 1 saturated carbocycles. The van der Waals surface area contributed by atoms with Gasteiger partial charge >= 0.3 is 0 Å². The smallest absolute Gasteiger partial charge is 0.257 e. The van der Waals surface area contributed by atoms with Gasteiger partial charge in [-0.15, -0.1) is 10.2 Å². The minimum Gasteiger partial charge on any atom is -0.487 e. The van der Waals surface area contributed by atoms with Gasteiger partial charge in [-0.25, -0.2) is 14.6 Å². The molecule has 1 saturated heterocycles. The molecule has 1 aliphatic heterocycles. The summed E-state index contributed by atoms with van der Waals surface area (Å²) in [5.74, 6) is 1.23. The topological polar surface area (TPSA) is 174 Å². The number of tetrazole rings is 1. The van der Waals surface area contributed by atoms with Crippen molar-refractivity contribution in [3.63, 3.8) is 0 Å². The predicted molar refractivity (Wildman–Crippen MR) is 162 cm³/mol. The molecule has 2 aliphatic rings. The molecule has 1 aliphatic carbocycles. The van der Waals surface area contributed by atoms with Gasteiger partial charge < -0.3 is 24.6 Å². The summed E-state index contributed by atoms with van der Waals surface area (Å²) in [7, 11) is 0. The fourth-order valence-corrected chi connectivity index (χ4v) is 5.86. The maximum Gasteiger partial charge on any atom is 0.257 e. The van der Waals surface area contributed by atoms with E-state index in [0.717, 1.165) is 63.1 Å². The van der Waals surface area contributed by atoms with Crippen LogP contribution in [0.2, 0.25) is 0 Å². The summed E-state index contributed by atoms with van der Waals surface area (Å²) >= 11 is 0. The van der Waals surface area contributed by atoms with E-state index in [1.54, 1.807) is 29.2 Å². The molecule has 0 amide bonds. The average molecular weight is 616 g/mol. The Hall–Kier alpha value is -4.65. The molecule has 1 aromatic carbocycles. The quantitative estimate of drug-likeness (QED) is 0.238. The normalized spacial score (nSPS) is 19.5. The number of nitrogens with zero attached hydrogens (tertiary/aromatic N) is 10. The third-order valence-electron chi connectivity index (χ3n) is 8.13. The molecule has 15 nitrogen and oxygen atoms in total. The van der Waals surface area contributed by atoms with Gasteiger partial charge in [-0.1, -0.05) is 6.07 Å². The van der Waals surface area contributed by atoms with Crippen LogP contribution in [0.5, 0.6) is 11.6 Å². The highest BCUT2D eigenvalue weighted by Crippen LogP contribution is 2.35. The monoisotopic (exact) mass is 615 g/mol. The highest BCUT2D eigenvalue weighted by molar-refractivity contribution is 5.67. The minimum atomic E-state index is -0.276. The van der Waals surface area contributed by atoms with Gasteiger partial charge in [0.05, 0.1) is 44.2 Å². The van der Waals surface area contributed by atoms with Gasteiger partial charge in [0.25, 0.3) is 5.88 Å². The minimum absolute atomic E-state index is 0.116. The molecule has 4 aromatic rings. The number of nitriles is 1. The van der Waals surface area contributed by atoms with Crippen LogP contribution in [-0.4, -0.2) is 102 Å². The van der Waals surface area contributed by atoms with Gasteiger partial charge in [0.1, 0.15) is 36.5 Å². The SMILES string of the molecule is C[C@@H](Cn1cnnn1)Oc1cc(-c2cnc(Nc3cn([C@H]4CC[C@H](N5CCOCC5)CC4)nc3OCCO)nc2)ccc1C#N. The van der Waals surface area contributed by atoms with Crippen LogP contribution in [0, 0.1) is 11.3 Å². The lowest BCUT2D eigenvalue weighted by Gasteiger charge is -2.38. The summed E-state index contributed by atoms with van der Waals surface area (Å²) < 4.78 is 20.9. The van der Waals surface area contributed by atoms with Gasteiger partial charge in [-0.05, 0) is 60.7 Å². The third-order valence-corrected chi connectivity index (χ3v) is 8.13. The number of aliphatic hydroxyl groups excluding tert-OH is 1. The largest absolute Gasteiger partial charge is 0.487 e. The Kier molecular flexibility index (Phi) is 9.74. The Morgan fingerprint density at radius 1 is 1.11 bits per heavy atom. The molecule has 0 radical (unpaired) electrons. The van der Waals surface area contributed by atoms with E-state index in [2.05, 4.69) is 41.8 Å². The fourth-order valence-electron chi connectivity index (χ4n) is 5.86. The second-order valence-corrected chi connectivity index (χ2v) is 11.2. The van der Waals surface area contributed by atoms with Crippen molar-refractivity contribution in [1.29, 1.82) is 5.26 Å². The number of rotatable bonds is 12. The van der Waals surface area contributed by atoms with Crippen LogP contribution in [0.15, 0.2) is 43.1 Å². The Bertz CT molecular complexity index is 1560. The summed E-state index contributed by atoms with van der Waals surface area (Å²) in [4.78, 5) is 11.6. The maximum atomic E-state index is 9.62. The number of aliphatic hydroxyl groups is 1. The number of hydrogen-bond acceptors (Lipinski definition) is 13. The molecule has 2 fully saturated rings. The van der Waals surface area contributed by atoms with Crippen molar-refractivity contribution in [3.8, 4) is 28.8 Å². The standard InChI is InChI=1S/C30H37N11O4/c1-21(18-40-20-34-37-38-40)45-28-14-22(2-3-23(28)15-31)24-16-32-30(33-17-24)35-27-19-41(36-29(27)44-13-10-42)26-6-4-25(5-7-26)39-8-11-43-12-9-39/h2-3,14,16-17,19-21,25-26,42H,4-13,18H2,1H3,(H,32,33,35)/t21-,25-,26-/m0/s1. The van der Waals surface area contributed by atoms with Crippen molar-refractivity contribution in [3.05, 3.63) is 48.7 Å². The van der Waals surface area contributed by atoms with Crippen molar-refractivity contribution in [2.75, 3.05) is 44.8 Å². The van der Waals surface area contributed by atoms with Crippen LogP contribution in [0.1, 0.15) is 44.2 Å². The summed E-state index contributed by atoms with van der Waals surface area (Å²) in [5.41, 5.74) is 2.62. The molecule has 15 heteroatoms. The first-order valence-electron chi connectivity index (χ1n) is 15.2. The first kappa shape index (κ1) is 30.4. The Morgan fingerprint density at radius 2 is 1.89 bits per heavy atom. The van der Waals surface area contributed by atoms with E-state index >= 15 is 0 Å². The number of aromatic nitrogens is 8. The van der Waals surface area contributed by atoms with Gasteiger partial charge in [-0.2, -0.15) is 5.26 Å². The number of nitrogens with one attached hydrogen (secondary N) is 1. The van der Waals surface area contributed by atoms with Gasteiger partial charge in [-0.3, -0.25) is 9.58 Å². The van der Waals surface area contributed by atoms with E-state index < -0.39 is 0 Å². The molecule has 2 N–H and O–H groups in total. The van der Waals surface area contributed by atoms with E-state index in [4.69, 9.17) is 19.3 Å². The Morgan fingerprint density at radius 3 is 2.60 bits per heavy atom. The molecule has 4 heterocycles. The molecule has 0 spiro atoms. The van der Waals surface area contributed by atoms with E-state index in [9.17, 15) is 10.4 Å². The van der Waals surface area contributed by atoms with Gasteiger partial charge in [0.2, 0.25) is 5.95 Å². The lowest BCUT2D eigenvalue weighted by Crippen LogP contribution is -2.45. The average Bonchev–Trinajstić information content (AvgIpc) is 3.74. The molecule has 45 heavy (non-hydrogen) atoms. The summed E-state index contributed by atoms with van der Waals surface area (Å²) in [6, 6.07) is 8.40. The lowest BCUT2D eigenvalue weighted by molar-refractivity contribution is 0.00502. The van der Waals surface area contributed by atoms with Crippen molar-refractivity contribution in [1.82, 2.24) is 44.9 Å². The fraction of sp³-hybridized carbons (Fsp3) is 0.500. The van der Waals surface area contributed by atoms with E-state index in [-0.39, 0.29) is 25.4 Å². The molecule has 1 atom stereocenters. The van der Waals surface area contributed by atoms with Crippen molar-refractivity contribution < 1.29 is 19.3 Å². The van der Waals surface area contributed by atoms with Crippen LogP contribution in [0.3, 0.4) is 0 Å². The van der Waals surface area contributed by atoms with Crippen LogP contribution < -0.4 is 14.8 Å². The molecular formula is C30H37N11O4. The highest BCUT2D eigenvalue weighted by Gasteiger charge is 2.29. The highest BCUT2D eigenvalue weighted by atomic mass is 16.5. The Balaban J connectivity index is 1.12. The van der Waals surface area contributed by atoms with Crippen LogP contribution in [0.4, 0.5) is 11.6 Å². The third kappa shape index (κ3) is 7.54. The zero-order valence-electron chi connectivity index (χ0n) is 25.2. The number of ether oxygens (including phenoxy) is 3. The van der Waals surface area contributed by atoms with E-state index in [0.29, 0.717) is 41.4 Å².